The molecule has 105 heavy (non-hydrogen) atoms. The van der Waals surface area contributed by atoms with Crippen LogP contribution in [0.5, 0.6) is 0 Å². The van der Waals surface area contributed by atoms with Crippen LogP contribution < -0.4 is 10.6 Å². The summed E-state index contributed by atoms with van der Waals surface area (Å²) < 4.78 is 55.6. The fraction of sp³-hybridized carbons (Fsp3) is 0.940. The van der Waals surface area contributed by atoms with Gasteiger partial charge in [-0.3, -0.25) is 28.5 Å². The van der Waals surface area contributed by atoms with Crippen molar-refractivity contribution in [3.63, 3.8) is 0 Å². The second-order valence-electron chi connectivity index (χ2n) is 31.0. The number of hydrogen-bond acceptors (Lipinski definition) is 17. The summed E-state index contributed by atoms with van der Waals surface area (Å²) in [6.45, 7) is 11.0. The average Bonchev–Trinajstić information content (AvgIpc) is 0.771. The Balaban J connectivity index is 2.52. The lowest BCUT2D eigenvalue weighted by atomic mass is 9.93. The fourth-order valence-electron chi connectivity index (χ4n) is 14.7. The number of carbonyl (C=O) groups is 5. The number of phosphoric acid groups is 1. The standard InChI is InChI=1S/C83H157N2O19P/c1-7-12-17-22-27-32-34-39-44-49-54-59-74(90)100-68(57-52-47-42-37-30-25-20-15-10-4)62-73(89)85-78-82(103-76(92)63-69(58-53-48-43-38-31-26-21-16-11-5)101-75(91)60-55-50-45-40-35-33-28-23-18-13-8-2)81(104-105(95,96)97)70(64-86)102-83(78)98-65-71-79(93)80(94)77(66(6)99-71)84-72(88)61-67(87)56-51-46-41-36-29-24-19-14-9-3/h66-71,77-83,86-87,93-94H,7-65H2,1-6H3,(H,84,88)(H,85,89)(H2,95,96,97)/t66-,67-,68-,69-,70?,71?,77?,78?,79-,80-,81-,82-,83-/m1/s1. The van der Waals surface area contributed by atoms with Crippen molar-refractivity contribution in [2.24, 2.45) is 0 Å². The van der Waals surface area contributed by atoms with Crippen molar-refractivity contribution in [3.8, 4) is 0 Å². The van der Waals surface area contributed by atoms with Crippen LogP contribution in [0.1, 0.15) is 408 Å². The van der Waals surface area contributed by atoms with Crippen molar-refractivity contribution in [1.29, 1.82) is 0 Å². The minimum Gasteiger partial charge on any atom is -0.462 e. The molecule has 21 nitrogen and oxygen atoms in total. The summed E-state index contributed by atoms with van der Waals surface area (Å²) in [5, 5.41) is 50.6. The topological polar surface area (TPSA) is 312 Å². The van der Waals surface area contributed by atoms with Gasteiger partial charge in [-0.2, -0.15) is 0 Å². The smallest absolute Gasteiger partial charge is 0.462 e. The van der Waals surface area contributed by atoms with Gasteiger partial charge in [0.05, 0.1) is 50.7 Å². The number of amides is 2. The molecule has 618 valence electrons. The lowest BCUT2D eigenvalue weighted by Gasteiger charge is -2.46. The van der Waals surface area contributed by atoms with Crippen LogP contribution in [0, 0.1) is 0 Å². The summed E-state index contributed by atoms with van der Waals surface area (Å²) >= 11 is 0. The van der Waals surface area contributed by atoms with E-state index < -0.39 is 137 Å². The molecule has 2 rings (SSSR count). The SMILES string of the molecule is CCCCCCCCCCCCCC(=O)O[C@H](CCCCCCCCCCC)CC(=O)NC1[C@H](OCC2O[C@H](C)C(NC(=O)C[C@H](O)CCCCCCCCCCC)[C@@H](O)[C@@H]2O)OC(CO)[C@@H](OP(=O)(O)O)[C@@H]1OC(=O)C[C@@H](CCCCCCCCCCC)OC(=O)CCCCCCCCCCCCC. The van der Waals surface area contributed by atoms with E-state index in [9.17, 15) is 58.8 Å². The number of phosphoric ester groups is 1. The summed E-state index contributed by atoms with van der Waals surface area (Å²) in [6, 6.07) is -2.81. The summed E-state index contributed by atoms with van der Waals surface area (Å²) in [5.41, 5.74) is 0. The minimum atomic E-state index is -5.53. The molecule has 2 fully saturated rings. The Morgan fingerprint density at radius 2 is 0.752 bits per heavy atom. The maximum absolute atomic E-state index is 14.9. The van der Waals surface area contributed by atoms with Crippen LogP contribution in [-0.4, -0.2) is 153 Å². The highest BCUT2D eigenvalue weighted by Gasteiger charge is 2.53. The van der Waals surface area contributed by atoms with E-state index >= 15 is 0 Å². The Labute approximate surface area is 637 Å². The molecule has 13 atom stereocenters. The summed E-state index contributed by atoms with van der Waals surface area (Å²) in [6.07, 6.45) is 37.4. The zero-order valence-corrected chi connectivity index (χ0v) is 68.1. The van der Waals surface area contributed by atoms with Crippen molar-refractivity contribution in [3.05, 3.63) is 0 Å². The highest BCUT2D eigenvalue weighted by Crippen LogP contribution is 2.43. The third kappa shape index (κ3) is 50.6. The predicted molar refractivity (Wildman–Crippen MR) is 416 cm³/mol. The van der Waals surface area contributed by atoms with E-state index in [1.807, 2.05) is 0 Å². The molecule has 0 radical (unpaired) electrons. The van der Waals surface area contributed by atoms with Crippen LogP contribution in [0.25, 0.3) is 0 Å². The Bertz CT molecular complexity index is 2180. The zero-order valence-electron chi connectivity index (χ0n) is 67.2. The largest absolute Gasteiger partial charge is 0.470 e. The zero-order chi connectivity index (χ0) is 77.0. The van der Waals surface area contributed by atoms with Crippen molar-refractivity contribution >= 4 is 37.5 Å². The molecular weight excluding hydrogens is 1360 g/mol. The van der Waals surface area contributed by atoms with Crippen LogP contribution in [0.4, 0.5) is 0 Å². The molecule has 2 amide bonds. The third-order valence-electron chi connectivity index (χ3n) is 21.1. The Morgan fingerprint density at radius 3 is 1.13 bits per heavy atom. The molecule has 0 aliphatic carbocycles. The van der Waals surface area contributed by atoms with Crippen LogP contribution in [0.3, 0.4) is 0 Å². The van der Waals surface area contributed by atoms with Crippen LogP contribution in [0.15, 0.2) is 0 Å². The minimum absolute atomic E-state index is 0.146. The Hall–Kier alpha value is -2.82. The van der Waals surface area contributed by atoms with Crippen molar-refractivity contribution in [2.75, 3.05) is 13.2 Å². The number of ether oxygens (including phenoxy) is 6. The number of unbranched alkanes of at least 4 members (excludes halogenated alkanes) is 44. The maximum Gasteiger partial charge on any atom is 0.470 e. The number of esters is 3. The van der Waals surface area contributed by atoms with Gasteiger partial charge in [0.15, 0.2) is 12.4 Å². The molecule has 0 spiro atoms. The first-order chi connectivity index (χ1) is 50.8. The number of rotatable bonds is 71. The quantitative estimate of drug-likeness (QED) is 0.0121. The number of aliphatic hydroxyl groups is 4. The lowest BCUT2D eigenvalue weighted by molar-refractivity contribution is -0.285. The van der Waals surface area contributed by atoms with E-state index in [0.717, 1.165) is 154 Å². The van der Waals surface area contributed by atoms with Gasteiger partial charge in [-0.15, -0.1) is 0 Å². The normalized spacial score (nSPS) is 21.4. The Morgan fingerprint density at radius 1 is 0.410 bits per heavy atom. The van der Waals surface area contributed by atoms with Gasteiger partial charge in [-0.1, -0.05) is 324 Å². The second-order valence-corrected chi connectivity index (χ2v) is 32.2. The molecule has 0 aromatic rings. The molecule has 2 saturated heterocycles. The van der Waals surface area contributed by atoms with Crippen LogP contribution in [-0.2, 0) is 61.5 Å². The maximum atomic E-state index is 14.9. The van der Waals surface area contributed by atoms with E-state index in [4.69, 9.17) is 32.9 Å². The summed E-state index contributed by atoms with van der Waals surface area (Å²) in [4.78, 5) is 91.3. The number of hydrogen-bond donors (Lipinski definition) is 8. The molecular formula is C83H157N2O19P. The summed E-state index contributed by atoms with van der Waals surface area (Å²) in [7, 11) is -5.53. The van der Waals surface area contributed by atoms with Crippen molar-refractivity contribution in [2.45, 2.75) is 487 Å². The Kier molecular flexibility index (Phi) is 60.6. The second kappa shape index (κ2) is 64.8. The molecule has 0 aromatic carbocycles. The van der Waals surface area contributed by atoms with E-state index in [0.29, 0.717) is 44.9 Å². The first kappa shape index (κ1) is 98.3. The number of aliphatic hydroxyl groups excluding tert-OH is 4. The van der Waals surface area contributed by atoms with Gasteiger partial charge < -0.3 is 69.3 Å². The molecule has 0 saturated carbocycles. The highest BCUT2D eigenvalue weighted by molar-refractivity contribution is 7.46. The van der Waals surface area contributed by atoms with Gasteiger partial charge in [-0.25, -0.2) is 4.57 Å². The molecule has 2 aliphatic rings. The van der Waals surface area contributed by atoms with Crippen molar-refractivity contribution < 1.29 is 91.7 Å². The fourth-order valence-corrected chi connectivity index (χ4v) is 15.2. The number of nitrogens with one attached hydrogen (secondary N) is 2. The third-order valence-corrected chi connectivity index (χ3v) is 21.6. The monoisotopic (exact) mass is 1520 g/mol. The first-order valence-corrected chi connectivity index (χ1v) is 44.8. The van der Waals surface area contributed by atoms with Crippen LogP contribution >= 0.6 is 7.82 Å². The van der Waals surface area contributed by atoms with Gasteiger partial charge >= 0.3 is 25.7 Å². The van der Waals surface area contributed by atoms with Gasteiger partial charge in [0, 0.05) is 12.8 Å². The first-order valence-electron chi connectivity index (χ1n) is 43.3. The van der Waals surface area contributed by atoms with Gasteiger partial charge in [0.25, 0.3) is 0 Å². The van der Waals surface area contributed by atoms with E-state index in [2.05, 4.69) is 45.3 Å². The summed E-state index contributed by atoms with van der Waals surface area (Å²) in [5.74, 6) is -3.18. The van der Waals surface area contributed by atoms with E-state index in [1.165, 1.54) is 135 Å². The van der Waals surface area contributed by atoms with E-state index in [1.54, 1.807) is 6.92 Å². The van der Waals surface area contributed by atoms with Crippen LogP contribution in [0.2, 0.25) is 0 Å². The highest BCUT2D eigenvalue weighted by atomic mass is 31.2. The molecule has 2 heterocycles. The molecule has 8 N–H and O–H groups in total. The number of carbonyl (C=O) groups excluding carboxylic acids is 5. The van der Waals surface area contributed by atoms with Gasteiger partial charge in [0.1, 0.15) is 48.8 Å². The average molecular weight is 1520 g/mol. The molecule has 2 aliphatic heterocycles. The van der Waals surface area contributed by atoms with Crippen molar-refractivity contribution in [1.82, 2.24) is 10.6 Å². The molecule has 0 aromatic heterocycles. The predicted octanol–water partition coefficient (Wildman–Crippen LogP) is 18.1. The van der Waals surface area contributed by atoms with E-state index in [-0.39, 0.29) is 25.7 Å². The van der Waals surface area contributed by atoms with Gasteiger partial charge in [0.2, 0.25) is 11.8 Å². The molecule has 22 heteroatoms. The van der Waals surface area contributed by atoms with Gasteiger partial charge in [-0.05, 0) is 51.9 Å². The molecule has 0 bridgehead atoms. The lowest BCUT2D eigenvalue weighted by Crippen LogP contribution is -2.67. The molecule has 4 unspecified atom stereocenters.